The summed E-state index contributed by atoms with van der Waals surface area (Å²) < 4.78 is 1.78. The summed E-state index contributed by atoms with van der Waals surface area (Å²) in [6.45, 7) is 7.64. The molecule has 7 nitrogen and oxygen atoms in total. The Hall–Kier alpha value is -2.44. The number of aliphatic carboxylic acids is 1. The molecule has 1 unspecified atom stereocenters. The van der Waals surface area contributed by atoms with Crippen molar-refractivity contribution in [3.8, 4) is 0 Å². The highest BCUT2D eigenvalue weighted by Gasteiger charge is 2.18. The number of aryl methyl sites for hydroxylation is 1. The highest BCUT2D eigenvalue weighted by molar-refractivity contribution is 6.05. The van der Waals surface area contributed by atoms with Gasteiger partial charge in [0.15, 0.2) is 5.65 Å². The normalized spacial score (nSPS) is 12.6. The fraction of sp³-hybridized carbons (Fsp3) is 0.500. The summed E-state index contributed by atoms with van der Waals surface area (Å²) >= 11 is 0. The molecule has 2 aromatic rings. The fourth-order valence-corrected chi connectivity index (χ4v) is 2.42. The lowest BCUT2D eigenvalue weighted by Gasteiger charge is -2.14. The third kappa shape index (κ3) is 3.85. The van der Waals surface area contributed by atoms with E-state index in [1.807, 2.05) is 20.8 Å². The molecule has 0 bridgehead atoms. The van der Waals surface area contributed by atoms with Crippen LogP contribution in [0.3, 0.4) is 0 Å². The van der Waals surface area contributed by atoms with Crippen LogP contribution in [0.2, 0.25) is 0 Å². The van der Waals surface area contributed by atoms with Crippen LogP contribution < -0.4 is 5.32 Å². The van der Waals surface area contributed by atoms with Crippen molar-refractivity contribution in [2.75, 3.05) is 0 Å². The quantitative estimate of drug-likeness (QED) is 0.852. The number of aromatic nitrogens is 3. The summed E-state index contributed by atoms with van der Waals surface area (Å²) in [7, 11) is 0. The van der Waals surface area contributed by atoms with E-state index in [-0.39, 0.29) is 24.4 Å². The van der Waals surface area contributed by atoms with Crippen molar-refractivity contribution < 1.29 is 14.7 Å². The number of hydrogen-bond acceptors (Lipinski definition) is 4. The second kappa shape index (κ2) is 6.76. The van der Waals surface area contributed by atoms with Crippen molar-refractivity contribution in [1.29, 1.82) is 0 Å². The molecular formula is C16H22N4O3. The highest BCUT2D eigenvalue weighted by Crippen LogP contribution is 2.21. The van der Waals surface area contributed by atoms with Gasteiger partial charge in [-0.2, -0.15) is 5.10 Å². The van der Waals surface area contributed by atoms with Crippen molar-refractivity contribution in [2.45, 2.75) is 52.6 Å². The second-order valence-electron chi connectivity index (χ2n) is 6.04. The van der Waals surface area contributed by atoms with Crippen molar-refractivity contribution in [1.82, 2.24) is 20.1 Å². The molecule has 0 aliphatic carbocycles. The smallest absolute Gasteiger partial charge is 0.303 e. The van der Waals surface area contributed by atoms with Gasteiger partial charge in [0.25, 0.3) is 5.91 Å². The number of pyridine rings is 1. The van der Waals surface area contributed by atoms with Crippen molar-refractivity contribution in [3.05, 3.63) is 23.5 Å². The molecule has 2 aromatic heterocycles. The number of carboxylic acid groups (broad SMARTS) is 1. The molecule has 0 saturated heterocycles. The Morgan fingerprint density at radius 3 is 2.65 bits per heavy atom. The van der Waals surface area contributed by atoms with Gasteiger partial charge in [0.05, 0.1) is 17.1 Å². The molecule has 1 atom stereocenters. The lowest BCUT2D eigenvalue weighted by atomic mass is 10.1. The molecule has 0 spiro atoms. The van der Waals surface area contributed by atoms with Crippen LogP contribution in [-0.4, -0.2) is 37.8 Å². The van der Waals surface area contributed by atoms with Crippen LogP contribution in [0.15, 0.2) is 12.3 Å². The summed E-state index contributed by atoms with van der Waals surface area (Å²) in [5, 5.41) is 16.6. The van der Waals surface area contributed by atoms with E-state index in [0.717, 1.165) is 5.69 Å². The first-order valence-corrected chi connectivity index (χ1v) is 7.67. The van der Waals surface area contributed by atoms with Gasteiger partial charge < -0.3 is 10.4 Å². The molecule has 1 amide bonds. The van der Waals surface area contributed by atoms with Crippen LogP contribution >= 0.6 is 0 Å². The van der Waals surface area contributed by atoms with E-state index >= 15 is 0 Å². The third-order valence-electron chi connectivity index (χ3n) is 3.60. The number of amides is 1. The van der Waals surface area contributed by atoms with E-state index in [4.69, 9.17) is 5.11 Å². The van der Waals surface area contributed by atoms with Gasteiger partial charge in [-0.15, -0.1) is 0 Å². The van der Waals surface area contributed by atoms with Gasteiger partial charge in [-0.25, -0.2) is 9.67 Å². The van der Waals surface area contributed by atoms with Crippen LogP contribution in [0, 0.1) is 6.92 Å². The number of carboxylic acids is 1. The Labute approximate surface area is 134 Å². The lowest BCUT2D eigenvalue weighted by molar-refractivity contribution is -0.137. The fourth-order valence-electron chi connectivity index (χ4n) is 2.42. The number of nitrogens with one attached hydrogen (secondary N) is 1. The number of hydrogen-bond donors (Lipinski definition) is 2. The molecule has 0 aromatic carbocycles. The van der Waals surface area contributed by atoms with Gasteiger partial charge in [0, 0.05) is 24.2 Å². The van der Waals surface area contributed by atoms with Gasteiger partial charge in [-0.05, 0) is 40.2 Å². The summed E-state index contributed by atoms with van der Waals surface area (Å²) in [6.07, 6.45) is 2.07. The first-order valence-electron chi connectivity index (χ1n) is 7.67. The molecule has 7 heteroatoms. The van der Waals surface area contributed by atoms with Crippen molar-refractivity contribution >= 4 is 22.9 Å². The zero-order chi connectivity index (χ0) is 17.1. The zero-order valence-corrected chi connectivity index (χ0v) is 13.8. The maximum Gasteiger partial charge on any atom is 0.303 e. The largest absolute Gasteiger partial charge is 0.481 e. The number of fused-ring (bicyclic) bond motifs is 1. The third-order valence-corrected chi connectivity index (χ3v) is 3.60. The van der Waals surface area contributed by atoms with E-state index in [0.29, 0.717) is 23.0 Å². The van der Waals surface area contributed by atoms with Gasteiger partial charge in [-0.3, -0.25) is 9.59 Å². The summed E-state index contributed by atoms with van der Waals surface area (Å²) in [5.41, 5.74) is 1.94. The average Bonchev–Trinajstić information content (AvgIpc) is 2.87. The minimum atomic E-state index is -0.869. The molecule has 2 rings (SSSR count). The summed E-state index contributed by atoms with van der Waals surface area (Å²) in [5.74, 6) is -1.10. The Kier molecular flexibility index (Phi) is 4.98. The highest BCUT2D eigenvalue weighted by atomic mass is 16.4. The molecule has 0 fully saturated rings. The molecule has 0 saturated carbocycles. The van der Waals surface area contributed by atoms with Crippen LogP contribution in [0.4, 0.5) is 0 Å². The molecule has 23 heavy (non-hydrogen) atoms. The Morgan fingerprint density at radius 1 is 1.35 bits per heavy atom. The van der Waals surface area contributed by atoms with Gasteiger partial charge in [0.2, 0.25) is 0 Å². The Morgan fingerprint density at radius 2 is 2.04 bits per heavy atom. The number of carbonyl (C=O) groups is 2. The second-order valence-corrected chi connectivity index (χ2v) is 6.04. The average molecular weight is 318 g/mol. The zero-order valence-electron chi connectivity index (χ0n) is 13.8. The standard InChI is InChI=1S/C16H22N4O3/c1-9(2)20-15-13(8-17-20)12(7-11(4)18-15)16(23)19-10(3)5-6-14(21)22/h7-10H,5-6H2,1-4H3,(H,19,23)(H,21,22). The molecule has 0 radical (unpaired) electrons. The predicted octanol–water partition coefficient (Wildman–Crippen LogP) is 2.30. The minimum absolute atomic E-state index is 0.0253. The first kappa shape index (κ1) is 16.9. The van der Waals surface area contributed by atoms with E-state index in [9.17, 15) is 9.59 Å². The number of rotatable bonds is 6. The van der Waals surface area contributed by atoms with Crippen molar-refractivity contribution in [3.63, 3.8) is 0 Å². The summed E-state index contributed by atoms with van der Waals surface area (Å²) in [6, 6.07) is 1.66. The van der Waals surface area contributed by atoms with Crippen LogP contribution in [-0.2, 0) is 4.79 Å². The Balaban J connectivity index is 2.28. The SMILES string of the molecule is Cc1cc(C(=O)NC(C)CCC(=O)O)c2cnn(C(C)C)c2n1. The van der Waals surface area contributed by atoms with Crippen LogP contribution in [0.1, 0.15) is 55.7 Å². The Bertz CT molecular complexity index is 736. The maximum atomic E-state index is 12.5. The van der Waals surface area contributed by atoms with Gasteiger partial charge in [0.1, 0.15) is 0 Å². The molecule has 124 valence electrons. The molecule has 0 aliphatic rings. The summed E-state index contributed by atoms with van der Waals surface area (Å²) in [4.78, 5) is 27.6. The van der Waals surface area contributed by atoms with Crippen molar-refractivity contribution in [2.24, 2.45) is 0 Å². The molecular weight excluding hydrogens is 296 g/mol. The van der Waals surface area contributed by atoms with E-state index in [2.05, 4.69) is 15.4 Å². The number of carbonyl (C=O) groups excluding carboxylic acids is 1. The lowest BCUT2D eigenvalue weighted by Crippen LogP contribution is -2.33. The molecule has 2 heterocycles. The minimum Gasteiger partial charge on any atom is -0.481 e. The topological polar surface area (TPSA) is 97.1 Å². The number of nitrogens with zero attached hydrogens (tertiary/aromatic N) is 3. The van der Waals surface area contributed by atoms with E-state index in [1.165, 1.54) is 0 Å². The molecule has 0 aliphatic heterocycles. The first-order chi connectivity index (χ1) is 10.8. The van der Waals surface area contributed by atoms with E-state index in [1.54, 1.807) is 23.9 Å². The van der Waals surface area contributed by atoms with E-state index < -0.39 is 5.97 Å². The van der Waals surface area contributed by atoms with Crippen LogP contribution in [0.25, 0.3) is 11.0 Å². The predicted molar refractivity (Wildman–Crippen MR) is 86.4 cm³/mol. The van der Waals surface area contributed by atoms with Crippen LogP contribution in [0.5, 0.6) is 0 Å². The maximum absolute atomic E-state index is 12.5. The van der Waals surface area contributed by atoms with Gasteiger partial charge in [-0.1, -0.05) is 0 Å². The monoisotopic (exact) mass is 318 g/mol. The van der Waals surface area contributed by atoms with Gasteiger partial charge >= 0.3 is 5.97 Å². The molecule has 2 N–H and O–H groups in total.